The van der Waals surface area contributed by atoms with Crippen molar-refractivity contribution in [3.63, 3.8) is 0 Å². The highest BCUT2D eigenvalue weighted by molar-refractivity contribution is 14.0. The molecule has 2 aliphatic heterocycles. The Labute approximate surface area is 178 Å². The molecule has 9 heteroatoms. The predicted octanol–water partition coefficient (Wildman–Crippen LogP) is 2.92. The summed E-state index contributed by atoms with van der Waals surface area (Å²) in [4.78, 5) is 8.64. The van der Waals surface area contributed by atoms with Crippen LogP contribution in [-0.4, -0.2) is 80.3 Å². The normalized spacial score (nSPS) is 23.7. The Bertz CT molecular complexity index is 441. The summed E-state index contributed by atoms with van der Waals surface area (Å²) >= 11 is 0. The van der Waals surface area contributed by atoms with Gasteiger partial charge in [0.2, 0.25) is 0 Å². The van der Waals surface area contributed by atoms with E-state index >= 15 is 0 Å². The summed E-state index contributed by atoms with van der Waals surface area (Å²) in [7, 11) is 0. The first-order valence-electron chi connectivity index (χ1n) is 9.92. The molecule has 2 fully saturated rings. The van der Waals surface area contributed by atoms with Crippen molar-refractivity contribution < 1.29 is 13.2 Å². The van der Waals surface area contributed by atoms with Crippen LogP contribution in [-0.2, 0) is 0 Å². The predicted molar refractivity (Wildman–Crippen MR) is 115 cm³/mol. The molecule has 2 N–H and O–H groups in total. The first kappa shape index (κ1) is 24.7. The number of hydrogen-bond donors (Lipinski definition) is 2. The van der Waals surface area contributed by atoms with Gasteiger partial charge in [-0.15, -0.1) is 24.0 Å². The average molecular weight is 505 g/mol. The summed E-state index contributed by atoms with van der Waals surface area (Å²) in [6, 6.07) is 0.0209. The van der Waals surface area contributed by atoms with Gasteiger partial charge in [0.15, 0.2) is 5.96 Å². The maximum absolute atomic E-state index is 12.5. The highest BCUT2D eigenvalue weighted by Gasteiger charge is 2.34. The Kier molecular flexibility index (Phi) is 11.3. The molecular weight excluding hydrogens is 470 g/mol. The van der Waals surface area contributed by atoms with Crippen LogP contribution in [0.15, 0.2) is 4.99 Å². The number of aliphatic imine (C=N–C) groups is 1. The highest BCUT2D eigenvalue weighted by Crippen LogP contribution is 2.20. The molecule has 2 saturated heterocycles. The molecule has 0 amide bonds. The fourth-order valence-corrected chi connectivity index (χ4v) is 3.75. The van der Waals surface area contributed by atoms with E-state index in [1.165, 1.54) is 37.3 Å². The van der Waals surface area contributed by atoms with E-state index in [0.29, 0.717) is 25.4 Å². The third kappa shape index (κ3) is 10.2. The Morgan fingerprint density at radius 2 is 1.85 bits per heavy atom. The van der Waals surface area contributed by atoms with Gasteiger partial charge in [-0.25, -0.2) is 0 Å². The summed E-state index contributed by atoms with van der Waals surface area (Å²) in [5.74, 6) is 1.19. The summed E-state index contributed by atoms with van der Waals surface area (Å²) in [6.45, 7) is 9.16. The van der Waals surface area contributed by atoms with Gasteiger partial charge in [-0.05, 0) is 45.2 Å². The smallest absolute Gasteiger partial charge is 0.357 e. The summed E-state index contributed by atoms with van der Waals surface area (Å²) in [5, 5.41) is 6.52. The maximum Gasteiger partial charge on any atom is 0.401 e. The fourth-order valence-electron chi connectivity index (χ4n) is 3.75. The molecule has 2 unspecified atom stereocenters. The topological polar surface area (TPSA) is 42.9 Å². The molecule has 2 atom stereocenters. The van der Waals surface area contributed by atoms with Gasteiger partial charge in [-0.3, -0.25) is 9.89 Å². The minimum absolute atomic E-state index is 0. The first-order chi connectivity index (χ1) is 12.4. The maximum atomic E-state index is 12.5. The van der Waals surface area contributed by atoms with Crippen LogP contribution in [0, 0.1) is 5.92 Å². The van der Waals surface area contributed by atoms with Crippen LogP contribution < -0.4 is 10.6 Å². The second-order valence-corrected chi connectivity index (χ2v) is 7.67. The van der Waals surface area contributed by atoms with Gasteiger partial charge in [0.25, 0.3) is 0 Å². The minimum atomic E-state index is -4.13. The molecule has 0 aromatic rings. The monoisotopic (exact) mass is 505 g/mol. The molecule has 5 nitrogen and oxygen atoms in total. The zero-order valence-corrected chi connectivity index (χ0v) is 18.9. The summed E-state index contributed by atoms with van der Waals surface area (Å²) in [6.07, 6.45) is 0.498. The number of alkyl halides is 3. The van der Waals surface area contributed by atoms with E-state index in [9.17, 15) is 13.2 Å². The zero-order valence-electron chi connectivity index (χ0n) is 16.5. The van der Waals surface area contributed by atoms with Gasteiger partial charge in [0.05, 0.1) is 6.54 Å². The number of nitrogens with one attached hydrogen (secondary N) is 2. The second kappa shape index (κ2) is 12.3. The van der Waals surface area contributed by atoms with Crippen molar-refractivity contribution in [2.75, 3.05) is 52.4 Å². The van der Waals surface area contributed by atoms with Crippen molar-refractivity contribution in [1.29, 1.82) is 0 Å². The molecule has 27 heavy (non-hydrogen) atoms. The van der Waals surface area contributed by atoms with E-state index < -0.39 is 12.7 Å². The SMILES string of the molecule is CCNC(=NCC(C)CN1CCCCC1)NC1CCN(CC(F)(F)F)C1.I. The molecule has 0 bridgehead atoms. The second-order valence-electron chi connectivity index (χ2n) is 7.67. The van der Waals surface area contributed by atoms with Gasteiger partial charge < -0.3 is 15.5 Å². The summed E-state index contributed by atoms with van der Waals surface area (Å²) in [5.41, 5.74) is 0. The van der Waals surface area contributed by atoms with Crippen molar-refractivity contribution in [3.05, 3.63) is 0 Å². The average Bonchev–Trinajstić information content (AvgIpc) is 2.99. The van der Waals surface area contributed by atoms with Crippen molar-refractivity contribution in [1.82, 2.24) is 20.4 Å². The number of piperidine rings is 1. The Hall–Kier alpha value is -0.290. The number of guanidine groups is 1. The number of likely N-dealkylation sites (tertiary alicyclic amines) is 2. The molecule has 0 aromatic heterocycles. The van der Waals surface area contributed by atoms with E-state index in [0.717, 1.165) is 25.6 Å². The lowest BCUT2D eigenvalue weighted by Crippen LogP contribution is -2.45. The lowest BCUT2D eigenvalue weighted by Gasteiger charge is -2.28. The molecule has 0 spiro atoms. The zero-order chi connectivity index (χ0) is 19.0. The first-order valence-corrected chi connectivity index (χ1v) is 9.92. The molecule has 0 aromatic carbocycles. The van der Waals surface area contributed by atoms with Gasteiger partial charge in [-0.2, -0.15) is 13.2 Å². The van der Waals surface area contributed by atoms with E-state index in [2.05, 4.69) is 27.4 Å². The van der Waals surface area contributed by atoms with Crippen molar-refractivity contribution in [2.45, 2.75) is 51.7 Å². The molecule has 2 rings (SSSR count). The van der Waals surface area contributed by atoms with Crippen molar-refractivity contribution >= 4 is 29.9 Å². The number of halogens is 4. The largest absolute Gasteiger partial charge is 0.401 e. The number of nitrogens with zero attached hydrogens (tertiary/aromatic N) is 3. The Balaban J connectivity index is 0.00000364. The molecule has 0 saturated carbocycles. The van der Waals surface area contributed by atoms with Crippen LogP contribution in [0.4, 0.5) is 13.2 Å². The van der Waals surface area contributed by atoms with E-state index in [1.54, 1.807) is 0 Å². The molecular formula is C18H35F3IN5. The molecule has 0 aliphatic carbocycles. The highest BCUT2D eigenvalue weighted by atomic mass is 127. The van der Waals surface area contributed by atoms with Crippen LogP contribution in [0.2, 0.25) is 0 Å². The standard InChI is InChI=1S/C18H34F3N5.HI/c1-3-22-17(23-11-15(2)12-25-8-5-4-6-9-25)24-16-7-10-26(13-16)14-18(19,20)21;/h15-16H,3-14H2,1-2H3,(H2,22,23,24);1H. The molecule has 2 heterocycles. The molecule has 0 radical (unpaired) electrons. The van der Waals surface area contributed by atoms with Crippen LogP contribution in [0.3, 0.4) is 0 Å². The van der Waals surface area contributed by atoms with Gasteiger partial charge in [-0.1, -0.05) is 13.3 Å². The van der Waals surface area contributed by atoms with Gasteiger partial charge >= 0.3 is 6.18 Å². The Morgan fingerprint density at radius 3 is 2.48 bits per heavy atom. The van der Waals surface area contributed by atoms with E-state index in [-0.39, 0.29) is 30.0 Å². The van der Waals surface area contributed by atoms with Crippen LogP contribution in [0.1, 0.15) is 39.5 Å². The van der Waals surface area contributed by atoms with E-state index in [4.69, 9.17) is 0 Å². The van der Waals surface area contributed by atoms with Crippen LogP contribution in [0.25, 0.3) is 0 Å². The number of hydrogen-bond acceptors (Lipinski definition) is 3. The van der Waals surface area contributed by atoms with E-state index in [1.807, 2.05) is 6.92 Å². The third-order valence-electron chi connectivity index (χ3n) is 4.94. The molecule has 160 valence electrons. The van der Waals surface area contributed by atoms with Crippen molar-refractivity contribution in [2.24, 2.45) is 10.9 Å². The van der Waals surface area contributed by atoms with Gasteiger partial charge in [0.1, 0.15) is 0 Å². The van der Waals surface area contributed by atoms with Gasteiger partial charge in [0, 0.05) is 38.8 Å². The summed E-state index contributed by atoms with van der Waals surface area (Å²) < 4.78 is 37.6. The lowest BCUT2D eigenvalue weighted by molar-refractivity contribution is -0.143. The minimum Gasteiger partial charge on any atom is -0.357 e. The van der Waals surface area contributed by atoms with Crippen LogP contribution >= 0.6 is 24.0 Å². The number of rotatable bonds is 7. The third-order valence-corrected chi connectivity index (χ3v) is 4.94. The lowest BCUT2D eigenvalue weighted by atomic mass is 10.1. The van der Waals surface area contributed by atoms with Crippen molar-refractivity contribution in [3.8, 4) is 0 Å². The fraction of sp³-hybridized carbons (Fsp3) is 0.944. The Morgan fingerprint density at radius 1 is 1.15 bits per heavy atom. The van der Waals surface area contributed by atoms with Crippen LogP contribution in [0.5, 0.6) is 0 Å². The quantitative estimate of drug-likeness (QED) is 0.318. The molecule has 2 aliphatic rings.